The summed E-state index contributed by atoms with van der Waals surface area (Å²) in [5, 5.41) is 16.4. The molecule has 0 bridgehead atoms. The Morgan fingerprint density at radius 1 is 1.26 bits per heavy atom. The first-order valence-corrected chi connectivity index (χ1v) is 10.9. The number of nitrogens with one attached hydrogen (secondary N) is 3. The van der Waals surface area contributed by atoms with Crippen molar-refractivity contribution in [3.05, 3.63) is 0 Å². The second-order valence-electron chi connectivity index (χ2n) is 9.57. The zero-order valence-corrected chi connectivity index (χ0v) is 19.5. The minimum Gasteiger partial charge on any atom is -0.380 e. The van der Waals surface area contributed by atoms with Crippen LogP contribution in [-0.4, -0.2) is 79.1 Å². The number of carbonyl (C=O) groups excluding carboxylic acids is 4. The molecule has 3 N–H and O–H groups in total. The molecule has 2 aliphatic rings. The van der Waals surface area contributed by atoms with Gasteiger partial charge < -0.3 is 25.6 Å². The van der Waals surface area contributed by atoms with Gasteiger partial charge in [-0.2, -0.15) is 18.4 Å². The third-order valence-electron chi connectivity index (χ3n) is 5.98. The molecule has 190 valence electrons. The first-order valence-electron chi connectivity index (χ1n) is 10.9. The summed E-state index contributed by atoms with van der Waals surface area (Å²) in [6, 6.07) is -1.76. The van der Waals surface area contributed by atoms with E-state index < -0.39 is 59.5 Å². The number of nitrogens with zero attached hydrogens (tertiary/aromatic N) is 2. The highest BCUT2D eigenvalue weighted by Gasteiger charge is 2.48. The average molecular weight is 489 g/mol. The van der Waals surface area contributed by atoms with Crippen LogP contribution in [0.3, 0.4) is 0 Å². The SMILES string of the molecule is CO[C@H]1C[C@@H](C(=O)NC(C#N)C[C@@H]2CCNC2=O)N(C(=O)C(NC(=O)C(F)(F)F)C(C)(C)C)C1. The van der Waals surface area contributed by atoms with E-state index in [1.54, 1.807) is 5.32 Å². The smallest absolute Gasteiger partial charge is 0.380 e. The Labute approximate surface area is 195 Å². The third-order valence-corrected chi connectivity index (χ3v) is 5.98. The molecule has 2 rings (SSSR count). The summed E-state index contributed by atoms with van der Waals surface area (Å²) in [5.41, 5.74) is -1.10. The van der Waals surface area contributed by atoms with E-state index in [1.807, 2.05) is 6.07 Å². The van der Waals surface area contributed by atoms with Crippen molar-refractivity contribution in [3.8, 4) is 6.07 Å². The first-order chi connectivity index (χ1) is 15.7. The maximum atomic E-state index is 13.3. The van der Waals surface area contributed by atoms with Crippen molar-refractivity contribution in [3.63, 3.8) is 0 Å². The molecule has 0 aromatic carbocycles. The Hall–Kier alpha value is -2.88. The topological polar surface area (TPSA) is 141 Å². The normalized spacial score (nSPS) is 24.7. The molecule has 2 aliphatic heterocycles. The van der Waals surface area contributed by atoms with Crippen molar-refractivity contribution in [2.24, 2.45) is 11.3 Å². The van der Waals surface area contributed by atoms with Crippen LogP contribution in [0.5, 0.6) is 0 Å². The van der Waals surface area contributed by atoms with Gasteiger partial charge in [0.05, 0.1) is 12.2 Å². The van der Waals surface area contributed by atoms with Gasteiger partial charge in [-0.25, -0.2) is 0 Å². The van der Waals surface area contributed by atoms with Crippen molar-refractivity contribution in [1.29, 1.82) is 5.26 Å². The molecular weight excluding hydrogens is 459 g/mol. The fraction of sp³-hybridized carbons (Fsp3) is 0.762. The van der Waals surface area contributed by atoms with Crippen LogP contribution in [0, 0.1) is 22.7 Å². The summed E-state index contributed by atoms with van der Waals surface area (Å²) in [5.74, 6) is -4.45. The molecule has 0 aliphatic carbocycles. The number of hydrogen-bond acceptors (Lipinski definition) is 6. The molecule has 0 saturated carbocycles. The first kappa shape index (κ1) is 27.4. The molecular formula is C21H30F3N5O5. The van der Waals surface area contributed by atoms with E-state index in [1.165, 1.54) is 27.9 Å². The van der Waals surface area contributed by atoms with Crippen LogP contribution >= 0.6 is 0 Å². The molecule has 0 aromatic rings. The lowest BCUT2D eigenvalue weighted by Crippen LogP contribution is -2.59. The lowest BCUT2D eigenvalue weighted by Gasteiger charge is -2.35. The zero-order chi connectivity index (χ0) is 25.8. The quantitative estimate of drug-likeness (QED) is 0.468. The van der Waals surface area contributed by atoms with Gasteiger partial charge in [-0.15, -0.1) is 0 Å². The minimum atomic E-state index is -5.19. The predicted octanol–water partition coefficient (Wildman–Crippen LogP) is 0.230. The van der Waals surface area contributed by atoms with Gasteiger partial charge in [0.15, 0.2) is 0 Å². The fourth-order valence-electron chi connectivity index (χ4n) is 4.05. The van der Waals surface area contributed by atoms with Crippen molar-refractivity contribution in [2.75, 3.05) is 20.2 Å². The molecule has 10 nitrogen and oxygen atoms in total. The molecule has 2 unspecified atom stereocenters. The standard InChI is InChI=1S/C21H30F3N5O5/c1-20(2,3)15(28-19(33)21(22,23)24)18(32)29-10-13(34-4)8-14(29)17(31)27-12(9-25)7-11-5-6-26-16(11)30/h11-15H,5-8,10H2,1-4H3,(H,26,30)(H,27,31)(H,28,33)/t11-,12?,13-,14-,15?/m0/s1. The summed E-state index contributed by atoms with van der Waals surface area (Å²) < 4.78 is 43.8. The van der Waals surface area contributed by atoms with Gasteiger partial charge in [0.1, 0.15) is 18.1 Å². The number of carbonyl (C=O) groups is 4. The number of halogens is 3. The van der Waals surface area contributed by atoms with Crippen LogP contribution in [0.1, 0.15) is 40.0 Å². The maximum Gasteiger partial charge on any atom is 0.471 e. The van der Waals surface area contributed by atoms with Crippen molar-refractivity contribution in [2.45, 2.75) is 70.4 Å². The van der Waals surface area contributed by atoms with Gasteiger partial charge in [-0.05, 0) is 18.3 Å². The highest BCUT2D eigenvalue weighted by Crippen LogP contribution is 2.28. The van der Waals surface area contributed by atoms with E-state index >= 15 is 0 Å². The molecule has 0 spiro atoms. The number of methoxy groups -OCH3 is 1. The number of hydrogen-bond donors (Lipinski definition) is 3. The van der Waals surface area contributed by atoms with Gasteiger partial charge in [0.25, 0.3) is 0 Å². The Morgan fingerprint density at radius 2 is 1.91 bits per heavy atom. The van der Waals surface area contributed by atoms with Crippen LogP contribution < -0.4 is 16.0 Å². The predicted molar refractivity (Wildman–Crippen MR) is 112 cm³/mol. The lowest BCUT2D eigenvalue weighted by molar-refractivity contribution is -0.176. The van der Waals surface area contributed by atoms with Crippen LogP contribution in [0.25, 0.3) is 0 Å². The van der Waals surface area contributed by atoms with Crippen molar-refractivity contribution < 1.29 is 37.1 Å². The monoisotopic (exact) mass is 489 g/mol. The number of nitriles is 1. The number of likely N-dealkylation sites (tertiary alicyclic amines) is 1. The van der Waals surface area contributed by atoms with Gasteiger partial charge in [-0.1, -0.05) is 20.8 Å². The molecule has 0 radical (unpaired) electrons. The van der Waals surface area contributed by atoms with Gasteiger partial charge in [0.2, 0.25) is 17.7 Å². The summed E-state index contributed by atoms with van der Waals surface area (Å²) in [4.78, 5) is 50.8. The molecule has 0 aromatic heterocycles. The molecule has 4 amide bonds. The van der Waals surface area contributed by atoms with Crippen LogP contribution in [0.15, 0.2) is 0 Å². The van der Waals surface area contributed by atoms with E-state index in [0.717, 1.165) is 4.90 Å². The van der Waals surface area contributed by atoms with Crippen LogP contribution in [-0.2, 0) is 23.9 Å². The molecule has 5 atom stereocenters. The second kappa shape index (κ2) is 10.6. The van der Waals surface area contributed by atoms with Crippen LogP contribution in [0.4, 0.5) is 13.2 Å². The second-order valence-corrected chi connectivity index (χ2v) is 9.57. The van der Waals surface area contributed by atoms with E-state index in [4.69, 9.17) is 4.74 Å². The number of rotatable bonds is 7. The van der Waals surface area contributed by atoms with Crippen molar-refractivity contribution in [1.82, 2.24) is 20.9 Å². The molecule has 2 heterocycles. The van der Waals surface area contributed by atoms with Gasteiger partial charge in [-0.3, -0.25) is 19.2 Å². The third kappa shape index (κ3) is 6.59. The Kier molecular flexibility index (Phi) is 8.52. The van der Waals surface area contributed by atoms with Crippen molar-refractivity contribution >= 4 is 23.6 Å². The lowest BCUT2D eigenvalue weighted by atomic mass is 9.85. The highest BCUT2D eigenvalue weighted by atomic mass is 19.4. The minimum absolute atomic E-state index is 0.0558. The molecule has 2 fully saturated rings. The fourth-order valence-corrected chi connectivity index (χ4v) is 4.05. The Balaban J connectivity index is 2.21. The van der Waals surface area contributed by atoms with Gasteiger partial charge >= 0.3 is 12.1 Å². The highest BCUT2D eigenvalue weighted by molar-refractivity contribution is 5.94. The van der Waals surface area contributed by atoms with Crippen LogP contribution in [0.2, 0.25) is 0 Å². The summed E-state index contributed by atoms with van der Waals surface area (Å²) >= 11 is 0. The van der Waals surface area contributed by atoms with E-state index in [-0.39, 0.29) is 25.3 Å². The summed E-state index contributed by atoms with van der Waals surface area (Å²) in [6.07, 6.45) is -5.08. The van der Waals surface area contributed by atoms with E-state index in [0.29, 0.717) is 13.0 Å². The Bertz CT molecular complexity index is 851. The molecule has 13 heteroatoms. The zero-order valence-electron chi connectivity index (χ0n) is 19.5. The van der Waals surface area contributed by atoms with E-state index in [9.17, 15) is 37.6 Å². The summed E-state index contributed by atoms with van der Waals surface area (Å²) in [7, 11) is 1.37. The van der Waals surface area contributed by atoms with Gasteiger partial charge in [0, 0.05) is 32.5 Å². The summed E-state index contributed by atoms with van der Waals surface area (Å²) in [6.45, 7) is 4.87. The molecule has 2 saturated heterocycles. The number of alkyl halides is 3. The van der Waals surface area contributed by atoms with E-state index in [2.05, 4.69) is 10.6 Å². The average Bonchev–Trinajstić information content (AvgIpc) is 3.35. The Morgan fingerprint density at radius 3 is 2.38 bits per heavy atom. The molecule has 34 heavy (non-hydrogen) atoms. The maximum absolute atomic E-state index is 13.3. The number of amides is 4. The largest absolute Gasteiger partial charge is 0.471 e. The number of ether oxygens (including phenoxy) is 1.